The lowest BCUT2D eigenvalue weighted by Crippen LogP contribution is -2.67. The number of hydrogen-bond donors (Lipinski definition) is 0. The molecule has 3 aromatic rings. The lowest BCUT2D eigenvalue weighted by Gasteiger charge is -2.46. The van der Waals surface area contributed by atoms with E-state index in [1.807, 2.05) is 0 Å². The normalized spacial score (nSPS) is 18.2. The van der Waals surface area contributed by atoms with E-state index in [0.717, 1.165) is 77.2 Å². The lowest BCUT2D eigenvalue weighted by atomic mass is 9.91. The average molecular weight is 1530 g/mol. The van der Waals surface area contributed by atoms with E-state index in [4.69, 9.17) is 40.5 Å². The number of unbranched alkanes of at least 4 members (excludes halogenated alkanes) is 2. The zero-order valence-corrected chi connectivity index (χ0v) is 79.2. The van der Waals surface area contributed by atoms with Crippen molar-refractivity contribution in [1.82, 2.24) is 0 Å². The molecule has 4 rings (SSSR count). The van der Waals surface area contributed by atoms with Crippen LogP contribution in [-0.4, -0.2) is 120 Å². The summed E-state index contributed by atoms with van der Waals surface area (Å²) in [7, 11) is -16.0. The Morgan fingerprint density at radius 2 is 0.775 bits per heavy atom. The van der Waals surface area contributed by atoms with Gasteiger partial charge in [-0.15, -0.1) is 0 Å². The fraction of sp³-hybridized carbons (Fsp3) is 0.744. The van der Waals surface area contributed by atoms with Crippen LogP contribution in [0.4, 0.5) is 0 Å². The lowest BCUT2D eigenvalue weighted by molar-refractivity contribution is -0.0408. The van der Waals surface area contributed by atoms with E-state index in [2.05, 4.69) is 346 Å². The van der Waals surface area contributed by atoms with Gasteiger partial charge in [0.25, 0.3) is 8.32 Å². The van der Waals surface area contributed by atoms with Crippen LogP contribution in [0, 0.1) is 5.92 Å². The number of ether oxygens (including phenoxy) is 2. The second-order valence-corrected chi connectivity index (χ2v) is 73.7. The quantitative estimate of drug-likeness (QED) is 0.0239. The second-order valence-electron chi connectivity index (χ2n) is 40.9. The van der Waals surface area contributed by atoms with Gasteiger partial charge < -0.3 is 40.5 Å². The summed E-state index contributed by atoms with van der Waals surface area (Å²) < 4.78 is 65.7. The number of hydrogen-bond acceptors (Lipinski definition) is 9. The minimum Gasteiger partial charge on any atom is -0.414 e. The van der Waals surface area contributed by atoms with E-state index < -0.39 is 58.2 Å². The van der Waals surface area contributed by atoms with E-state index in [-0.39, 0.29) is 90.0 Å². The van der Waals surface area contributed by atoms with Crippen LogP contribution >= 0.6 is 0 Å². The molecule has 0 spiro atoms. The zero-order chi connectivity index (χ0) is 77.6. The molecule has 0 radical (unpaired) electrons. The van der Waals surface area contributed by atoms with E-state index in [1.165, 1.54) is 15.9 Å². The first kappa shape index (κ1) is 92.7. The predicted molar refractivity (Wildman–Crippen MR) is 459 cm³/mol. The number of benzene rings is 3. The first-order valence-corrected chi connectivity index (χ1v) is 59.2. The topological polar surface area (TPSA) is 86.4 Å². The highest BCUT2D eigenvalue weighted by Gasteiger charge is 2.52. The van der Waals surface area contributed by atoms with Gasteiger partial charge in [0.05, 0.1) is 56.4 Å². The summed E-state index contributed by atoms with van der Waals surface area (Å²) in [5.74, 6) is 0.213. The van der Waals surface area contributed by atoms with Gasteiger partial charge in [0, 0.05) is 6.10 Å². The summed E-state index contributed by atoms with van der Waals surface area (Å²) in [5.41, 5.74) is 1.19. The molecule has 0 amide bonds. The van der Waals surface area contributed by atoms with Crippen LogP contribution in [0.25, 0.3) is 0 Å². The minimum absolute atomic E-state index is 0.0209. The zero-order valence-electron chi connectivity index (χ0n) is 72.2. The van der Waals surface area contributed by atoms with Crippen LogP contribution in [0.5, 0.6) is 0 Å². The largest absolute Gasteiger partial charge is 0.414 e. The Morgan fingerprint density at radius 3 is 1.22 bits per heavy atom. The molecule has 1 heterocycles. The van der Waals surface area contributed by atoms with Crippen LogP contribution in [0.15, 0.2) is 115 Å². The van der Waals surface area contributed by atoms with Crippen molar-refractivity contribution in [1.29, 1.82) is 0 Å². The standard InChI is InChI=1S/C86H158O9Si7/c1-68(79(78-67-87-78)88-65-69-50-39-35-40-51-69)64-77(95-101(33,34)85(17,18)19)76(94-100(31,32)84(14,15)16)63-46-36-41-52-70(90-96(23,24)80(2,3)4)53-47-54-71(91-97(25,26)81(5,6)7)55-48-56-72(92-98(27,28)82(8,9)10)57-49-58-73(93-99(29,30)83(11,12)13)66-89-102(86(20,21)22,74-59-42-37-43-60-74)75-61-44-38-45-62-75/h35,37-40,42-45,48-51,55,57,59-62,68,70-73,76-79H,36,41,46-47,52-54,56,58,63-67H2,1-34H3/b55-48+,57-49+/t68-,70+,71+,72+,73-,76-,77-,78-,79+/m0/s1. The molecule has 1 aliphatic rings. The Morgan fingerprint density at radius 1 is 0.402 bits per heavy atom. The number of epoxide rings is 1. The third kappa shape index (κ3) is 27.7. The monoisotopic (exact) mass is 1530 g/mol. The molecule has 9 nitrogen and oxygen atoms in total. The van der Waals surface area contributed by atoms with Crippen LogP contribution in [-0.2, 0) is 47.1 Å². The van der Waals surface area contributed by atoms with E-state index in [1.54, 1.807) is 0 Å². The third-order valence-corrected chi connectivity index (χ3v) is 57.1. The predicted octanol–water partition coefficient (Wildman–Crippen LogP) is 24.9. The van der Waals surface area contributed by atoms with Crippen LogP contribution < -0.4 is 10.4 Å². The molecule has 0 bridgehead atoms. The summed E-state index contributed by atoms with van der Waals surface area (Å²) >= 11 is 0. The van der Waals surface area contributed by atoms with Crippen LogP contribution in [0.1, 0.15) is 229 Å². The Balaban J connectivity index is 1.66. The third-order valence-electron chi connectivity index (χ3n) is 25.0. The number of rotatable bonds is 41. The van der Waals surface area contributed by atoms with Crippen molar-refractivity contribution in [3.63, 3.8) is 0 Å². The molecule has 1 aliphatic heterocycles. The van der Waals surface area contributed by atoms with Crippen molar-refractivity contribution in [3.8, 4) is 0 Å². The van der Waals surface area contributed by atoms with Gasteiger partial charge in [0.1, 0.15) is 6.10 Å². The molecule has 1 fully saturated rings. The summed E-state index contributed by atoms with van der Waals surface area (Å²) in [5, 5.41) is 2.74. The van der Waals surface area contributed by atoms with E-state index in [0.29, 0.717) is 13.2 Å². The molecular weight excluding hydrogens is 1370 g/mol. The summed E-state index contributed by atoms with van der Waals surface area (Å²) in [6.45, 7) is 82.7. The molecule has 3 aromatic carbocycles. The van der Waals surface area contributed by atoms with E-state index >= 15 is 0 Å². The smallest absolute Gasteiger partial charge is 0.261 e. The maximum Gasteiger partial charge on any atom is 0.261 e. The maximum absolute atomic E-state index is 7.67. The molecule has 0 aromatic heterocycles. The molecule has 0 saturated carbocycles. The molecular formula is C86H158O9Si7. The highest BCUT2D eigenvalue weighted by Crippen LogP contribution is 2.46. The first-order valence-electron chi connectivity index (χ1n) is 39.8. The van der Waals surface area contributed by atoms with Crippen molar-refractivity contribution in [2.45, 2.75) is 392 Å². The molecule has 16 heteroatoms. The maximum atomic E-state index is 7.67. The Labute approximate surface area is 637 Å². The Hall–Kier alpha value is -1.70. The van der Waals surface area contributed by atoms with Gasteiger partial charge in [-0.25, -0.2) is 0 Å². The Bertz CT molecular complexity index is 2910. The van der Waals surface area contributed by atoms with Gasteiger partial charge in [-0.3, -0.25) is 0 Å². The molecule has 0 N–H and O–H groups in total. The van der Waals surface area contributed by atoms with Crippen molar-refractivity contribution in [2.75, 3.05) is 13.2 Å². The van der Waals surface area contributed by atoms with Crippen molar-refractivity contribution in [2.24, 2.45) is 5.92 Å². The molecule has 9 atom stereocenters. The minimum atomic E-state index is -2.83. The van der Waals surface area contributed by atoms with Gasteiger partial charge in [-0.1, -0.05) is 287 Å². The van der Waals surface area contributed by atoms with Crippen molar-refractivity contribution in [3.05, 3.63) is 121 Å². The molecule has 584 valence electrons. The molecule has 0 aliphatic carbocycles. The molecule has 102 heavy (non-hydrogen) atoms. The molecule has 0 unspecified atom stereocenters. The van der Waals surface area contributed by atoms with Gasteiger partial charge in [-0.2, -0.15) is 0 Å². The van der Waals surface area contributed by atoms with Crippen LogP contribution in [0.3, 0.4) is 0 Å². The summed E-state index contributed by atoms with van der Waals surface area (Å²) in [6.07, 6.45) is 20.0. The fourth-order valence-electron chi connectivity index (χ4n) is 12.1. The average Bonchev–Trinajstić information content (AvgIpc) is 1.18. The highest BCUT2D eigenvalue weighted by atomic mass is 28.4. The van der Waals surface area contributed by atoms with Crippen LogP contribution in [0.2, 0.25) is 114 Å². The fourth-order valence-corrected chi connectivity index (χ4v) is 24.8. The SMILES string of the molecule is C[C@@H](C[C@H](O[Si](C)(C)C(C)(C)C)[C@H](CCCCC[C@H](CCC[C@H](/C=C/C[C@H](/C=C/C[C@@H](CO[Si](c1ccccc1)(c1ccccc1)C(C)(C)C)O[Si](C)(C)C(C)(C)C)O[Si](C)(C)C(C)(C)C)O[Si](C)(C)C(C)(C)C)O[Si](C)(C)C(C)(C)C)O[Si](C)(C)C(C)(C)C)[C@@H](OCc1ccccc1)[C@@H]1CO1. The van der Waals surface area contributed by atoms with Crippen molar-refractivity contribution < 1.29 is 40.5 Å². The summed E-state index contributed by atoms with van der Waals surface area (Å²) in [6, 6.07) is 32.6. The summed E-state index contributed by atoms with van der Waals surface area (Å²) in [4.78, 5) is 0. The van der Waals surface area contributed by atoms with E-state index in [9.17, 15) is 0 Å². The Kier molecular flexibility index (Phi) is 33.9. The van der Waals surface area contributed by atoms with Gasteiger partial charge in [-0.05, 0) is 187 Å². The van der Waals surface area contributed by atoms with Gasteiger partial charge in [0.2, 0.25) is 0 Å². The second kappa shape index (κ2) is 37.3. The highest BCUT2D eigenvalue weighted by molar-refractivity contribution is 6.99. The van der Waals surface area contributed by atoms with Gasteiger partial charge in [0.15, 0.2) is 49.9 Å². The first-order chi connectivity index (χ1) is 46.4. The molecule has 1 saturated heterocycles. The van der Waals surface area contributed by atoms with Crippen molar-refractivity contribution >= 4 is 68.6 Å². The van der Waals surface area contributed by atoms with Gasteiger partial charge >= 0.3 is 0 Å².